The fourth-order valence-corrected chi connectivity index (χ4v) is 1.89. The van der Waals surface area contributed by atoms with E-state index < -0.39 is 18.0 Å². The molecule has 8 nitrogen and oxygen atoms in total. The van der Waals surface area contributed by atoms with E-state index in [1.54, 1.807) is 0 Å². The van der Waals surface area contributed by atoms with Gasteiger partial charge in [-0.2, -0.15) is 0 Å². The van der Waals surface area contributed by atoms with Crippen molar-refractivity contribution in [2.75, 3.05) is 6.61 Å². The first-order valence-electron chi connectivity index (χ1n) is 6.98. The minimum absolute atomic E-state index is 0.139. The number of ether oxygens (including phenoxy) is 2. The summed E-state index contributed by atoms with van der Waals surface area (Å²) in [7, 11) is 0. The maximum atomic E-state index is 10.9. The molecule has 3 atom stereocenters. The van der Waals surface area contributed by atoms with Crippen LogP contribution in [0.25, 0.3) is 0 Å². The topological polar surface area (TPSA) is 127 Å². The molecule has 0 aromatic carbocycles. The van der Waals surface area contributed by atoms with E-state index in [-0.39, 0.29) is 30.4 Å². The van der Waals surface area contributed by atoms with Crippen LogP contribution in [0.2, 0.25) is 0 Å². The van der Waals surface area contributed by atoms with Gasteiger partial charge in [-0.1, -0.05) is 12.2 Å². The summed E-state index contributed by atoms with van der Waals surface area (Å²) in [5.41, 5.74) is 0. The third-order valence-corrected chi connectivity index (χ3v) is 3.06. The van der Waals surface area contributed by atoms with Crippen molar-refractivity contribution >= 4 is 23.9 Å². The number of esters is 4. The van der Waals surface area contributed by atoms with Gasteiger partial charge in [-0.25, -0.2) is 9.59 Å². The maximum Gasteiger partial charge on any atom is 0.338 e. The molecule has 0 amide bonds. The van der Waals surface area contributed by atoms with Gasteiger partial charge in [0.05, 0.1) is 24.5 Å². The van der Waals surface area contributed by atoms with Gasteiger partial charge in [-0.05, 0) is 19.8 Å². The van der Waals surface area contributed by atoms with Crippen molar-refractivity contribution in [2.45, 2.75) is 25.9 Å². The highest BCUT2D eigenvalue weighted by molar-refractivity contribution is 6.04. The Morgan fingerprint density at radius 2 is 1.39 bits per heavy atom. The van der Waals surface area contributed by atoms with Crippen LogP contribution in [0.5, 0.6) is 0 Å². The van der Waals surface area contributed by atoms with Gasteiger partial charge in [0, 0.05) is 12.2 Å². The monoisotopic (exact) mass is 326 g/mol. The summed E-state index contributed by atoms with van der Waals surface area (Å²) in [5, 5.41) is 16.0. The molecule has 1 fully saturated rings. The van der Waals surface area contributed by atoms with Crippen LogP contribution < -0.4 is 0 Å². The van der Waals surface area contributed by atoms with Crippen molar-refractivity contribution in [1.82, 2.24) is 0 Å². The standard InChI is InChI=1S/C8H8O3.C4H2O3.C3H8O2/c9-7-5-3-1-2-4-6(5)8(10)11-7;5-3-1-2-4(6)7-3;1-3(5)2-4/h1-2,5-6H,3-4H2;1-2H;3-5H,2H2,1H3. The Morgan fingerprint density at radius 3 is 1.65 bits per heavy atom. The summed E-state index contributed by atoms with van der Waals surface area (Å²) in [6.45, 7) is 1.39. The zero-order valence-electron chi connectivity index (χ0n) is 12.5. The summed E-state index contributed by atoms with van der Waals surface area (Å²) in [6, 6.07) is 0. The van der Waals surface area contributed by atoms with Gasteiger partial charge in [0.1, 0.15) is 0 Å². The first-order chi connectivity index (χ1) is 10.8. The number of carbonyl (C=O) groups is 4. The van der Waals surface area contributed by atoms with Crippen molar-refractivity contribution in [3.05, 3.63) is 24.3 Å². The normalized spacial score (nSPS) is 25.5. The summed E-state index contributed by atoms with van der Waals surface area (Å²) in [4.78, 5) is 41.7. The highest BCUT2D eigenvalue weighted by atomic mass is 16.6. The zero-order valence-corrected chi connectivity index (χ0v) is 12.5. The van der Waals surface area contributed by atoms with Gasteiger partial charge < -0.3 is 19.7 Å². The van der Waals surface area contributed by atoms with Crippen LogP contribution in [0.15, 0.2) is 24.3 Å². The maximum absolute atomic E-state index is 10.9. The predicted molar refractivity (Wildman–Crippen MR) is 75.5 cm³/mol. The molecule has 8 heteroatoms. The quantitative estimate of drug-likeness (QED) is 0.380. The highest BCUT2D eigenvalue weighted by Gasteiger charge is 2.43. The van der Waals surface area contributed by atoms with Crippen molar-refractivity contribution in [3.8, 4) is 0 Å². The summed E-state index contributed by atoms with van der Waals surface area (Å²) in [6.07, 6.45) is 6.80. The number of hydrogen-bond donors (Lipinski definition) is 2. The van der Waals surface area contributed by atoms with E-state index in [2.05, 4.69) is 9.47 Å². The molecule has 23 heavy (non-hydrogen) atoms. The van der Waals surface area contributed by atoms with Gasteiger partial charge in [0.15, 0.2) is 0 Å². The molecule has 0 radical (unpaired) electrons. The Labute approximate surface area is 132 Å². The largest absolute Gasteiger partial charge is 0.394 e. The SMILES string of the molecule is CC(O)CO.O=C1C=CC(=O)O1.O=C1OC(=O)C2CC=CCC12. The molecule has 3 aliphatic rings. The fraction of sp³-hybridized carbons (Fsp3) is 0.467. The predicted octanol–water partition coefficient (Wildman–Crippen LogP) is -0.362. The average molecular weight is 326 g/mol. The lowest BCUT2D eigenvalue weighted by atomic mass is 9.85. The Bertz CT molecular complexity index is 492. The molecule has 3 rings (SSSR count). The van der Waals surface area contributed by atoms with Crippen LogP contribution in [0.4, 0.5) is 0 Å². The van der Waals surface area contributed by atoms with Crippen LogP contribution in [-0.2, 0) is 28.7 Å². The van der Waals surface area contributed by atoms with E-state index in [1.807, 2.05) is 12.2 Å². The second kappa shape index (κ2) is 8.96. The number of aliphatic hydroxyl groups is 2. The molecule has 0 bridgehead atoms. The number of rotatable bonds is 1. The van der Waals surface area contributed by atoms with Crippen LogP contribution in [0.1, 0.15) is 19.8 Å². The molecule has 0 aromatic heterocycles. The minimum Gasteiger partial charge on any atom is -0.394 e. The van der Waals surface area contributed by atoms with Crippen molar-refractivity contribution < 1.29 is 38.9 Å². The van der Waals surface area contributed by atoms with Crippen LogP contribution in [0.3, 0.4) is 0 Å². The lowest BCUT2D eigenvalue weighted by Crippen LogP contribution is -2.18. The third-order valence-electron chi connectivity index (χ3n) is 3.06. The first kappa shape index (κ1) is 18.7. The molecule has 0 spiro atoms. The van der Waals surface area contributed by atoms with Gasteiger partial charge in [0.25, 0.3) is 0 Å². The number of cyclic esters (lactones) is 4. The van der Waals surface area contributed by atoms with Gasteiger partial charge in [0.2, 0.25) is 0 Å². The molecule has 3 unspecified atom stereocenters. The van der Waals surface area contributed by atoms with E-state index in [9.17, 15) is 19.2 Å². The molecule has 0 saturated carbocycles. The molecular weight excluding hydrogens is 308 g/mol. The first-order valence-corrected chi connectivity index (χ1v) is 6.98. The van der Waals surface area contributed by atoms with Gasteiger partial charge in [-0.3, -0.25) is 9.59 Å². The van der Waals surface area contributed by atoms with Crippen LogP contribution >= 0.6 is 0 Å². The second-order valence-electron chi connectivity index (χ2n) is 5.00. The molecule has 2 N–H and O–H groups in total. The fourth-order valence-electron chi connectivity index (χ4n) is 1.89. The van der Waals surface area contributed by atoms with Crippen LogP contribution in [-0.4, -0.2) is 46.8 Å². The van der Waals surface area contributed by atoms with Crippen molar-refractivity contribution in [3.63, 3.8) is 0 Å². The molecule has 126 valence electrons. The Kier molecular flexibility index (Phi) is 7.30. The Morgan fingerprint density at radius 1 is 1.00 bits per heavy atom. The number of carbonyl (C=O) groups excluding carboxylic acids is 4. The van der Waals surface area contributed by atoms with E-state index in [4.69, 9.17) is 10.2 Å². The number of aliphatic hydroxyl groups excluding tert-OH is 2. The van der Waals surface area contributed by atoms with Crippen molar-refractivity contribution in [2.24, 2.45) is 11.8 Å². The van der Waals surface area contributed by atoms with E-state index >= 15 is 0 Å². The third kappa shape index (κ3) is 6.13. The average Bonchev–Trinajstić information content (AvgIpc) is 3.04. The molecule has 0 aromatic rings. The zero-order chi connectivity index (χ0) is 17.4. The highest BCUT2D eigenvalue weighted by Crippen LogP contribution is 2.32. The summed E-state index contributed by atoms with van der Waals surface area (Å²) >= 11 is 0. The molecular formula is C15H18O8. The number of allylic oxidation sites excluding steroid dienone is 2. The van der Waals surface area contributed by atoms with Gasteiger partial charge in [-0.15, -0.1) is 0 Å². The van der Waals surface area contributed by atoms with E-state index in [0.717, 1.165) is 12.2 Å². The molecule has 1 saturated heterocycles. The Hall–Kier alpha value is -2.32. The smallest absolute Gasteiger partial charge is 0.338 e. The molecule has 1 aliphatic carbocycles. The second-order valence-corrected chi connectivity index (χ2v) is 5.00. The van der Waals surface area contributed by atoms with Gasteiger partial charge >= 0.3 is 23.9 Å². The van der Waals surface area contributed by atoms with Crippen LogP contribution in [0, 0.1) is 11.8 Å². The lowest BCUT2D eigenvalue weighted by Gasteiger charge is -2.12. The molecule has 2 heterocycles. The molecule has 2 aliphatic heterocycles. The van der Waals surface area contributed by atoms with Crippen molar-refractivity contribution in [1.29, 1.82) is 0 Å². The van der Waals surface area contributed by atoms with E-state index in [1.165, 1.54) is 6.92 Å². The Balaban J connectivity index is 0.000000191. The minimum atomic E-state index is -0.579. The van der Waals surface area contributed by atoms with E-state index in [0.29, 0.717) is 12.8 Å². The number of hydrogen-bond acceptors (Lipinski definition) is 8. The summed E-state index contributed by atoms with van der Waals surface area (Å²) < 4.78 is 8.46. The lowest BCUT2D eigenvalue weighted by molar-refractivity contribution is -0.154. The summed E-state index contributed by atoms with van der Waals surface area (Å²) in [5.74, 6) is -2.22. The number of fused-ring (bicyclic) bond motifs is 1.